The normalized spacial score (nSPS) is 29.2. The van der Waals surface area contributed by atoms with Crippen molar-refractivity contribution in [2.24, 2.45) is 17.8 Å². The van der Waals surface area contributed by atoms with E-state index in [1.165, 1.54) is 0 Å². The number of ether oxygens (including phenoxy) is 1. The molecule has 1 heterocycles. The summed E-state index contributed by atoms with van der Waals surface area (Å²) in [7, 11) is 0. The Labute approximate surface area is 110 Å². The lowest BCUT2D eigenvalue weighted by atomic mass is 9.78. The molecule has 4 nitrogen and oxygen atoms in total. The molecule has 1 aliphatic rings. The van der Waals surface area contributed by atoms with E-state index in [0.717, 1.165) is 19.5 Å². The van der Waals surface area contributed by atoms with Crippen molar-refractivity contribution < 1.29 is 14.6 Å². The topological polar surface area (TPSA) is 49.8 Å². The van der Waals surface area contributed by atoms with Gasteiger partial charge in [0.2, 0.25) is 0 Å². The molecule has 1 N–H and O–H groups in total. The molecule has 0 aromatic carbocycles. The Hall–Kier alpha value is -0.770. The fourth-order valence-electron chi connectivity index (χ4n) is 2.80. The first-order valence-electron chi connectivity index (χ1n) is 6.83. The van der Waals surface area contributed by atoms with Gasteiger partial charge in [0, 0.05) is 19.7 Å². The van der Waals surface area contributed by atoms with Gasteiger partial charge >= 0.3 is 6.09 Å². The van der Waals surface area contributed by atoms with Crippen molar-refractivity contribution in [3.8, 4) is 0 Å². The first-order chi connectivity index (χ1) is 8.24. The molecule has 0 saturated carbocycles. The highest BCUT2D eigenvalue weighted by atomic mass is 16.6. The van der Waals surface area contributed by atoms with E-state index in [0.29, 0.717) is 17.8 Å². The highest BCUT2D eigenvalue weighted by Crippen LogP contribution is 2.31. The molecule has 18 heavy (non-hydrogen) atoms. The molecule has 0 aromatic heterocycles. The standard InChI is InChI=1S/C14H27NO3/c1-10-8-15(13(17)18-14(3,4)5)9-11(2)12(10)6-7-16/h10-12,16H,6-9H2,1-5H3. The Kier molecular flexibility index (Phi) is 5.02. The third-order valence-electron chi connectivity index (χ3n) is 3.59. The quantitative estimate of drug-likeness (QED) is 0.827. The first kappa shape index (κ1) is 15.3. The van der Waals surface area contributed by atoms with Gasteiger partial charge in [-0.1, -0.05) is 13.8 Å². The zero-order valence-corrected chi connectivity index (χ0v) is 12.3. The number of rotatable bonds is 2. The van der Waals surface area contributed by atoms with Crippen molar-refractivity contribution in [1.82, 2.24) is 4.90 Å². The van der Waals surface area contributed by atoms with Crippen LogP contribution in [-0.2, 0) is 4.74 Å². The largest absolute Gasteiger partial charge is 0.444 e. The van der Waals surface area contributed by atoms with Crippen LogP contribution in [0.1, 0.15) is 41.0 Å². The van der Waals surface area contributed by atoms with Crippen LogP contribution in [0.4, 0.5) is 4.79 Å². The molecule has 0 spiro atoms. The molecule has 1 amide bonds. The monoisotopic (exact) mass is 257 g/mol. The molecule has 1 aliphatic heterocycles. The summed E-state index contributed by atoms with van der Waals surface area (Å²) in [6.07, 6.45) is 0.605. The smallest absolute Gasteiger partial charge is 0.410 e. The summed E-state index contributed by atoms with van der Waals surface area (Å²) in [4.78, 5) is 13.8. The number of piperidine rings is 1. The molecule has 0 aliphatic carbocycles. The maximum atomic E-state index is 12.0. The number of hydrogen-bond donors (Lipinski definition) is 1. The van der Waals surface area contributed by atoms with Gasteiger partial charge in [0.1, 0.15) is 5.60 Å². The van der Waals surface area contributed by atoms with Crippen molar-refractivity contribution in [3.05, 3.63) is 0 Å². The fraction of sp³-hybridized carbons (Fsp3) is 0.929. The predicted molar refractivity (Wildman–Crippen MR) is 71.3 cm³/mol. The highest BCUT2D eigenvalue weighted by Gasteiger charge is 2.35. The van der Waals surface area contributed by atoms with Crippen molar-refractivity contribution >= 4 is 6.09 Å². The minimum absolute atomic E-state index is 0.219. The third kappa shape index (κ3) is 4.16. The van der Waals surface area contributed by atoms with Crippen LogP contribution in [0.25, 0.3) is 0 Å². The maximum Gasteiger partial charge on any atom is 0.410 e. The van der Waals surface area contributed by atoms with Crippen molar-refractivity contribution in [3.63, 3.8) is 0 Å². The summed E-state index contributed by atoms with van der Waals surface area (Å²) in [5, 5.41) is 9.08. The average molecular weight is 257 g/mol. The Morgan fingerprint density at radius 1 is 1.28 bits per heavy atom. The number of hydrogen-bond acceptors (Lipinski definition) is 3. The van der Waals surface area contributed by atoms with Gasteiger partial charge < -0.3 is 14.7 Å². The minimum atomic E-state index is -0.439. The van der Waals surface area contributed by atoms with Crippen LogP contribution in [0, 0.1) is 17.8 Å². The van der Waals surface area contributed by atoms with E-state index in [-0.39, 0.29) is 12.7 Å². The lowest BCUT2D eigenvalue weighted by molar-refractivity contribution is -0.00120. The number of aliphatic hydroxyl groups excluding tert-OH is 1. The zero-order valence-electron chi connectivity index (χ0n) is 12.3. The van der Waals surface area contributed by atoms with Crippen LogP contribution in [0.5, 0.6) is 0 Å². The van der Waals surface area contributed by atoms with E-state index in [2.05, 4.69) is 13.8 Å². The molecule has 1 saturated heterocycles. The lowest BCUT2D eigenvalue weighted by Crippen LogP contribution is -2.48. The van der Waals surface area contributed by atoms with Gasteiger partial charge in [-0.3, -0.25) is 0 Å². The number of aliphatic hydroxyl groups is 1. The van der Waals surface area contributed by atoms with Crippen LogP contribution in [0.15, 0.2) is 0 Å². The van der Waals surface area contributed by atoms with E-state index in [1.54, 1.807) is 4.90 Å². The van der Waals surface area contributed by atoms with Gasteiger partial charge in [0.15, 0.2) is 0 Å². The molecular weight excluding hydrogens is 230 g/mol. The van der Waals surface area contributed by atoms with Crippen LogP contribution in [0.3, 0.4) is 0 Å². The fourth-order valence-corrected chi connectivity index (χ4v) is 2.80. The lowest BCUT2D eigenvalue weighted by Gasteiger charge is -2.41. The number of carbonyl (C=O) groups excluding carboxylic acids is 1. The summed E-state index contributed by atoms with van der Waals surface area (Å²) in [6.45, 7) is 11.6. The highest BCUT2D eigenvalue weighted by molar-refractivity contribution is 5.68. The minimum Gasteiger partial charge on any atom is -0.444 e. The number of amides is 1. The molecule has 2 atom stereocenters. The second kappa shape index (κ2) is 5.91. The number of nitrogens with zero attached hydrogens (tertiary/aromatic N) is 1. The van der Waals surface area contributed by atoms with Crippen LogP contribution in [0.2, 0.25) is 0 Å². The van der Waals surface area contributed by atoms with Gasteiger partial charge in [-0.05, 0) is 44.9 Å². The van der Waals surface area contributed by atoms with Gasteiger partial charge in [-0.25, -0.2) is 4.79 Å². The molecule has 0 bridgehead atoms. The van der Waals surface area contributed by atoms with Gasteiger partial charge in [-0.15, -0.1) is 0 Å². The molecule has 2 unspecified atom stereocenters. The molecule has 0 radical (unpaired) electrons. The molecule has 4 heteroatoms. The molecule has 0 aromatic rings. The van der Waals surface area contributed by atoms with E-state index in [4.69, 9.17) is 9.84 Å². The van der Waals surface area contributed by atoms with E-state index in [1.807, 2.05) is 20.8 Å². The maximum absolute atomic E-state index is 12.0. The Balaban J connectivity index is 2.59. The number of likely N-dealkylation sites (tertiary alicyclic amines) is 1. The van der Waals surface area contributed by atoms with Crippen LogP contribution < -0.4 is 0 Å². The van der Waals surface area contributed by atoms with Crippen LogP contribution in [-0.4, -0.2) is 41.4 Å². The molecule has 1 rings (SSSR count). The molecule has 1 fully saturated rings. The van der Waals surface area contributed by atoms with Crippen molar-refractivity contribution in [2.45, 2.75) is 46.6 Å². The summed E-state index contributed by atoms with van der Waals surface area (Å²) >= 11 is 0. The second-order valence-corrected chi connectivity index (χ2v) is 6.52. The third-order valence-corrected chi connectivity index (χ3v) is 3.59. The van der Waals surface area contributed by atoms with Gasteiger partial charge in [-0.2, -0.15) is 0 Å². The Morgan fingerprint density at radius 2 is 1.78 bits per heavy atom. The second-order valence-electron chi connectivity index (χ2n) is 6.52. The van der Waals surface area contributed by atoms with E-state index >= 15 is 0 Å². The zero-order chi connectivity index (χ0) is 13.9. The SMILES string of the molecule is CC1CN(C(=O)OC(C)(C)C)CC(C)C1CCO. The number of carbonyl (C=O) groups is 1. The summed E-state index contributed by atoms with van der Waals surface area (Å²) < 4.78 is 5.41. The summed E-state index contributed by atoms with van der Waals surface area (Å²) in [5.74, 6) is 1.32. The Morgan fingerprint density at radius 3 is 2.17 bits per heavy atom. The van der Waals surface area contributed by atoms with Gasteiger partial charge in [0.05, 0.1) is 0 Å². The van der Waals surface area contributed by atoms with Gasteiger partial charge in [0.25, 0.3) is 0 Å². The Bertz CT molecular complexity index is 273. The van der Waals surface area contributed by atoms with Crippen molar-refractivity contribution in [2.75, 3.05) is 19.7 Å². The van der Waals surface area contributed by atoms with E-state index in [9.17, 15) is 4.79 Å². The molecule has 106 valence electrons. The average Bonchev–Trinajstić information content (AvgIpc) is 2.20. The molecular formula is C14H27NO3. The first-order valence-corrected chi connectivity index (χ1v) is 6.83. The van der Waals surface area contributed by atoms with Crippen LogP contribution >= 0.6 is 0 Å². The summed E-state index contributed by atoms with van der Waals surface area (Å²) in [6, 6.07) is 0. The van der Waals surface area contributed by atoms with E-state index < -0.39 is 5.60 Å². The predicted octanol–water partition coefficient (Wildman–Crippen LogP) is 2.51. The van der Waals surface area contributed by atoms with Crippen molar-refractivity contribution in [1.29, 1.82) is 0 Å². The summed E-state index contributed by atoms with van der Waals surface area (Å²) in [5.41, 5.74) is -0.439.